The third-order valence-corrected chi connectivity index (χ3v) is 6.01. The van der Waals surface area contributed by atoms with E-state index in [-0.39, 0.29) is 16.4 Å². The monoisotopic (exact) mass is 489 g/mol. The molecule has 10 heteroatoms. The van der Waals surface area contributed by atoms with E-state index < -0.39 is 17.5 Å². The molecule has 0 spiro atoms. The molecular formula is C25H17F2N5O2S. The van der Waals surface area contributed by atoms with Crippen LogP contribution >= 0.6 is 11.3 Å². The van der Waals surface area contributed by atoms with Crippen molar-refractivity contribution in [2.45, 2.75) is 0 Å². The maximum absolute atomic E-state index is 14.5. The zero-order chi connectivity index (χ0) is 24.4. The van der Waals surface area contributed by atoms with Crippen molar-refractivity contribution in [3.8, 4) is 33.3 Å². The number of carbonyl (C=O) groups excluding carboxylic acids is 1. The van der Waals surface area contributed by atoms with Crippen LogP contribution < -0.4 is 10.1 Å². The summed E-state index contributed by atoms with van der Waals surface area (Å²) in [4.78, 5) is 12.5. The molecule has 0 atom stereocenters. The van der Waals surface area contributed by atoms with Crippen LogP contribution in [0.1, 0.15) is 10.4 Å². The topological polar surface area (TPSA) is 81.9 Å². The Kier molecular flexibility index (Phi) is 6.02. The maximum atomic E-state index is 14.5. The average Bonchev–Trinajstić information content (AvgIpc) is 3.52. The number of ether oxygens (including phenoxy) is 1. The summed E-state index contributed by atoms with van der Waals surface area (Å²) in [7, 11) is 1.40. The fraction of sp³-hybridized carbons (Fsp3) is 0.0400. The Morgan fingerprint density at radius 1 is 1.00 bits per heavy atom. The lowest BCUT2D eigenvalue weighted by Crippen LogP contribution is -2.11. The Bertz CT molecular complexity index is 1500. The number of anilines is 1. The highest BCUT2D eigenvalue weighted by Crippen LogP contribution is 2.36. The van der Waals surface area contributed by atoms with Gasteiger partial charge in [-0.1, -0.05) is 29.5 Å². The van der Waals surface area contributed by atoms with E-state index in [0.29, 0.717) is 21.8 Å². The van der Waals surface area contributed by atoms with Crippen molar-refractivity contribution in [1.29, 1.82) is 0 Å². The van der Waals surface area contributed by atoms with E-state index in [1.54, 1.807) is 16.9 Å². The third-order valence-electron chi connectivity index (χ3n) is 5.14. The van der Waals surface area contributed by atoms with Crippen LogP contribution in [0, 0.1) is 11.6 Å². The Labute approximate surface area is 202 Å². The number of aromatic nitrogens is 4. The van der Waals surface area contributed by atoms with Gasteiger partial charge in [0, 0.05) is 17.3 Å². The number of methoxy groups -OCH3 is 1. The van der Waals surface area contributed by atoms with Crippen LogP contribution in [0.2, 0.25) is 0 Å². The number of nitrogens with one attached hydrogen (secondary N) is 1. The van der Waals surface area contributed by atoms with Gasteiger partial charge in [-0.15, -0.1) is 10.2 Å². The van der Waals surface area contributed by atoms with E-state index in [1.165, 1.54) is 43.5 Å². The summed E-state index contributed by atoms with van der Waals surface area (Å²) >= 11 is 1.14. The number of amides is 1. The highest BCUT2D eigenvalue weighted by molar-refractivity contribution is 7.18. The van der Waals surface area contributed by atoms with E-state index in [2.05, 4.69) is 20.6 Å². The van der Waals surface area contributed by atoms with Crippen LogP contribution in [0.15, 0.2) is 79.0 Å². The van der Waals surface area contributed by atoms with E-state index >= 15 is 0 Å². The fourth-order valence-electron chi connectivity index (χ4n) is 3.42. The Hall–Kier alpha value is -4.44. The predicted molar refractivity (Wildman–Crippen MR) is 129 cm³/mol. The minimum Gasteiger partial charge on any atom is -0.494 e. The molecule has 0 aliphatic rings. The van der Waals surface area contributed by atoms with Crippen molar-refractivity contribution in [1.82, 2.24) is 20.0 Å². The molecule has 1 N–H and O–H groups in total. The molecule has 0 bridgehead atoms. The van der Waals surface area contributed by atoms with E-state index in [0.717, 1.165) is 17.0 Å². The SMILES string of the molecule is COc1ccc(-c2nn(-c3ccccc3)cc2-c2nnc(NC(=O)c3ccc(F)cc3)s2)cc1F. The minimum atomic E-state index is -0.519. The number of benzene rings is 3. The molecule has 1 amide bonds. The molecule has 35 heavy (non-hydrogen) atoms. The van der Waals surface area contributed by atoms with Gasteiger partial charge in [-0.3, -0.25) is 10.1 Å². The van der Waals surface area contributed by atoms with Crippen LogP contribution in [0.25, 0.3) is 27.5 Å². The number of halogens is 2. The average molecular weight is 490 g/mol. The number of nitrogens with zero attached hydrogens (tertiary/aromatic N) is 4. The molecule has 0 aliphatic carbocycles. The van der Waals surface area contributed by atoms with Crippen molar-refractivity contribution in [2.24, 2.45) is 0 Å². The molecule has 5 aromatic rings. The molecule has 2 heterocycles. The second-order valence-electron chi connectivity index (χ2n) is 7.39. The van der Waals surface area contributed by atoms with E-state index in [4.69, 9.17) is 4.74 Å². The zero-order valence-corrected chi connectivity index (χ0v) is 19.1. The molecule has 0 aliphatic heterocycles. The van der Waals surface area contributed by atoms with Crippen molar-refractivity contribution in [3.05, 3.63) is 96.2 Å². The standard InChI is InChI=1S/C25H17F2N5O2S/c1-34-21-12-9-16(13-20(21)27)22-19(14-32(31-22)18-5-3-2-4-6-18)24-29-30-25(35-24)28-23(33)15-7-10-17(26)11-8-15/h2-14H,1H3,(H,28,30,33). The Morgan fingerprint density at radius 3 is 2.49 bits per heavy atom. The molecule has 0 fully saturated rings. The molecule has 2 aromatic heterocycles. The number of hydrogen-bond donors (Lipinski definition) is 1. The summed E-state index contributed by atoms with van der Waals surface area (Å²) < 4.78 is 34.3. The normalized spacial score (nSPS) is 10.8. The van der Waals surface area contributed by atoms with Crippen LogP contribution in [0.5, 0.6) is 5.75 Å². The smallest absolute Gasteiger partial charge is 0.257 e. The first-order valence-electron chi connectivity index (χ1n) is 10.4. The van der Waals surface area contributed by atoms with Crippen LogP contribution in [-0.4, -0.2) is 33.0 Å². The van der Waals surface area contributed by atoms with Crippen LogP contribution in [-0.2, 0) is 0 Å². The van der Waals surface area contributed by atoms with Crippen LogP contribution in [0.3, 0.4) is 0 Å². The van der Waals surface area contributed by atoms with Gasteiger partial charge < -0.3 is 4.74 Å². The number of rotatable bonds is 6. The molecule has 0 radical (unpaired) electrons. The van der Waals surface area contributed by atoms with Gasteiger partial charge in [0.05, 0.1) is 18.4 Å². The second-order valence-corrected chi connectivity index (χ2v) is 8.37. The maximum Gasteiger partial charge on any atom is 0.257 e. The fourth-order valence-corrected chi connectivity index (χ4v) is 4.17. The molecule has 174 valence electrons. The lowest BCUT2D eigenvalue weighted by Gasteiger charge is -2.04. The molecule has 3 aromatic carbocycles. The van der Waals surface area contributed by atoms with Gasteiger partial charge in [-0.25, -0.2) is 13.5 Å². The lowest BCUT2D eigenvalue weighted by molar-refractivity contribution is 0.102. The molecule has 5 rings (SSSR count). The van der Waals surface area contributed by atoms with Gasteiger partial charge in [-0.05, 0) is 54.6 Å². The Morgan fingerprint density at radius 2 is 1.77 bits per heavy atom. The van der Waals surface area contributed by atoms with Gasteiger partial charge in [0.25, 0.3) is 5.91 Å². The van der Waals surface area contributed by atoms with E-state index in [9.17, 15) is 13.6 Å². The first-order valence-corrected chi connectivity index (χ1v) is 11.2. The summed E-state index contributed by atoms with van der Waals surface area (Å²) in [5, 5.41) is 16.4. The number of hydrogen-bond acceptors (Lipinski definition) is 6. The van der Waals surface area contributed by atoms with Gasteiger partial charge in [-0.2, -0.15) is 5.10 Å². The first-order chi connectivity index (χ1) is 17.0. The summed E-state index contributed by atoms with van der Waals surface area (Å²) in [6.45, 7) is 0. The molecular weight excluding hydrogens is 472 g/mol. The highest BCUT2D eigenvalue weighted by atomic mass is 32.1. The van der Waals surface area contributed by atoms with Crippen molar-refractivity contribution < 1.29 is 18.3 Å². The van der Waals surface area contributed by atoms with E-state index in [1.807, 2.05) is 30.3 Å². The largest absolute Gasteiger partial charge is 0.494 e. The molecule has 0 saturated heterocycles. The quantitative estimate of drug-likeness (QED) is 0.336. The molecule has 0 unspecified atom stereocenters. The van der Waals surface area contributed by atoms with Crippen molar-refractivity contribution >= 4 is 22.4 Å². The molecule has 0 saturated carbocycles. The third kappa shape index (κ3) is 4.64. The minimum absolute atomic E-state index is 0.125. The molecule has 7 nitrogen and oxygen atoms in total. The van der Waals surface area contributed by atoms with Crippen molar-refractivity contribution in [3.63, 3.8) is 0 Å². The van der Waals surface area contributed by atoms with Gasteiger partial charge in [0.1, 0.15) is 11.5 Å². The second kappa shape index (κ2) is 9.43. The Balaban J connectivity index is 1.52. The number of carbonyl (C=O) groups is 1. The van der Waals surface area contributed by atoms with Gasteiger partial charge in [0.15, 0.2) is 16.6 Å². The highest BCUT2D eigenvalue weighted by Gasteiger charge is 2.20. The van der Waals surface area contributed by atoms with Crippen molar-refractivity contribution in [2.75, 3.05) is 12.4 Å². The van der Waals surface area contributed by atoms with Gasteiger partial charge in [0.2, 0.25) is 5.13 Å². The summed E-state index contributed by atoms with van der Waals surface area (Å²) in [5.41, 5.74) is 2.72. The van der Waals surface area contributed by atoms with Gasteiger partial charge >= 0.3 is 0 Å². The first kappa shape index (κ1) is 22.4. The zero-order valence-electron chi connectivity index (χ0n) is 18.3. The predicted octanol–water partition coefficient (Wildman–Crippen LogP) is 5.60. The summed E-state index contributed by atoms with van der Waals surface area (Å²) in [6.07, 6.45) is 1.78. The summed E-state index contributed by atoms with van der Waals surface area (Å²) in [6, 6.07) is 19.2. The summed E-state index contributed by atoms with van der Waals surface area (Å²) in [5.74, 6) is -1.27. The number of para-hydroxylation sites is 1. The van der Waals surface area contributed by atoms with Crippen LogP contribution in [0.4, 0.5) is 13.9 Å². The lowest BCUT2D eigenvalue weighted by atomic mass is 10.1.